The maximum atomic E-state index is 10.5. The summed E-state index contributed by atoms with van der Waals surface area (Å²) < 4.78 is 6.08. The van der Waals surface area contributed by atoms with Crippen molar-refractivity contribution in [1.82, 2.24) is 4.98 Å². The molecule has 0 radical (unpaired) electrons. The molecule has 0 aliphatic rings. The van der Waals surface area contributed by atoms with Crippen LogP contribution >= 0.6 is 11.8 Å². The Balaban J connectivity index is 1.45. The first kappa shape index (κ1) is 22.3. The van der Waals surface area contributed by atoms with Gasteiger partial charge in [0.15, 0.2) is 5.76 Å². The van der Waals surface area contributed by atoms with E-state index in [1.165, 1.54) is 11.8 Å². The SMILES string of the molecule is OCc1ccc(C(O)CC(O)CSc2nc(-c3ccccc3)c(-c3ccccc3)o2)cc1. The second-order valence-corrected chi connectivity index (χ2v) is 8.48. The molecule has 6 heteroatoms. The standard InChI is InChI=1S/C26H25NO4S/c28-16-18-11-13-19(14-12-18)23(30)15-22(29)17-32-26-27-24(20-7-3-1-4-8-20)25(31-26)21-9-5-2-6-10-21/h1-14,22-23,28-30H,15-17H2. The second kappa shape index (κ2) is 10.6. The molecule has 0 fully saturated rings. The number of nitrogens with zero attached hydrogens (tertiary/aromatic N) is 1. The van der Waals surface area contributed by atoms with E-state index in [0.29, 0.717) is 22.3 Å². The Hall–Kier alpha value is -2.90. The van der Waals surface area contributed by atoms with Gasteiger partial charge < -0.3 is 19.7 Å². The minimum absolute atomic E-state index is 0.0400. The number of aromatic nitrogens is 1. The molecule has 4 aromatic rings. The van der Waals surface area contributed by atoms with E-state index < -0.39 is 12.2 Å². The van der Waals surface area contributed by atoms with Gasteiger partial charge >= 0.3 is 0 Å². The minimum Gasteiger partial charge on any atom is -0.431 e. The number of hydrogen-bond acceptors (Lipinski definition) is 6. The van der Waals surface area contributed by atoms with Gasteiger partial charge in [-0.25, -0.2) is 4.98 Å². The zero-order valence-corrected chi connectivity index (χ0v) is 18.3. The number of hydrogen-bond donors (Lipinski definition) is 3. The van der Waals surface area contributed by atoms with Crippen LogP contribution in [0.5, 0.6) is 0 Å². The van der Waals surface area contributed by atoms with Crippen molar-refractivity contribution in [3.8, 4) is 22.6 Å². The van der Waals surface area contributed by atoms with Crippen LogP contribution in [0.4, 0.5) is 0 Å². The van der Waals surface area contributed by atoms with Gasteiger partial charge in [-0.3, -0.25) is 0 Å². The lowest BCUT2D eigenvalue weighted by Gasteiger charge is -2.15. The second-order valence-electron chi connectivity index (χ2n) is 7.51. The predicted molar refractivity (Wildman–Crippen MR) is 126 cm³/mol. The van der Waals surface area contributed by atoms with Crippen LogP contribution < -0.4 is 0 Å². The Labute approximate surface area is 191 Å². The third kappa shape index (κ3) is 5.47. The molecule has 2 atom stereocenters. The highest BCUT2D eigenvalue weighted by Crippen LogP contribution is 2.36. The molecule has 5 nitrogen and oxygen atoms in total. The van der Waals surface area contributed by atoms with Gasteiger partial charge in [0.05, 0.1) is 18.8 Å². The lowest BCUT2D eigenvalue weighted by atomic mass is 10.0. The van der Waals surface area contributed by atoms with Crippen molar-refractivity contribution in [2.24, 2.45) is 0 Å². The molecule has 0 saturated heterocycles. The number of aliphatic hydroxyl groups excluding tert-OH is 3. The Morgan fingerprint density at radius 1 is 0.812 bits per heavy atom. The molecule has 0 bridgehead atoms. The Morgan fingerprint density at radius 3 is 2.06 bits per heavy atom. The van der Waals surface area contributed by atoms with E-state index in [9.17, 15) is 10.2 Å². The van der Waals surface area contributed by atoms with Gasteiger partial charge in [-0.15, -0.1) is 0 Å². The van der Waals surface area contributed by atoms with Gasteiger partial charge in [-0.2, -0.15) is 0 Å². The van der Waals surface area contributed by atoms with Crippen LogP contribution in [0.3, 0.4) is 0 Å². The molecule has 3 N–H and O–H groups in total. The Bertz CT molecular complexity index is 1060. The van der Waals surface area contributed by atoms with Gasteiger partial charge in [-0.1, -0.05) is 96.7 Å². The molecular formula is C26H25NO4S. The van der Waals surface area contributed by atoms with E-state index in [4.69, 9.17) is 9.52 Å². The average molecular weight is 448 g/mol. The molecule has 4 rings (SSSR count). The molecular weight excluding hydrogens is 422 g/mol. The molecule has 0 spiro atoms. The van der Waals surface area contributed by atoms with Gasteiger partial charge in [-0.05, 0) is 11.1 Å². The first-order chi connectivity index (χ1) is 15.6. The summed E-state index contributed by atoms with van der Waals surface area (Å²) in [5, 5.41) is 30.5. The first-order valence-electron chi connectivity index (χ1n) is 10.4. The molecule has 0 aliphatic heterocycles. The summed E-state index contributed by atoms with van der Waals surface area (Å²) in [6.07, 6.45) is -1.33. The third-order valence-electron chi connectivity index (χ3n) is 5.13. The summed E-state index contributed by atoms with van der Waals surface area (Å²) >= 11 is 1.32. The van der Waals surface area contributed by atoms with E-state index in [0.717, 1.165) is 22.4 Å². The number of benzene rings is 3. The minimum atomic E-state index is -0.789. The quantitative estimate of drug-likeness (QED) is 0.310. The van der Waals surface area contributed by atoms with Gasteiger partial charge in [0.25, 0.3) is 5.22 Å². The van der Waals surface area contributed by atoms with Gasteiger partial charge in [0.2, 0.25) is 0 Å². The maximum absolute atomic E-state index is 10.5. The molecule has 3 aromatic carbocycles. The van der Waals surface area contributed by atoms with Crippen LogP contribution in [0.1, 0.15) is 23.7 Å². The molecule has 32 heavy (non-hydrogen) atoms. The summed E-state index contributed by atoms with van der Waals surface area (Å²) in [5.74, 6) is 1.03. The van der Waals surface area contributed by atoms with E-state index in [1.807, 2.05) is 60.7 Å². The highest BCUT2D eigenvalue weighted by molar-refractivity contribution is 7.99. The van der Waals surface area contributed by atoms with E-state index in [2.05, 4.69) is 4.98 Å². The zero-order valence-electron chi connectivity index (χ0n) is 17.5. The molecule has 0 aliphatic carbocycles. The van der Waals surface area contributed by atoms with Crippen LogP contribution in [-0.2, 0) is 6.61 Å². The smallest absolute Gasteiger partial charge is 0.256 e. The maximum Gasteiger partial charge on any atom is 0.256 e. The number of aliphatic hydroxyl groups is 3. The highest BCUT2D eigenvalue weighted by Gasteiger charge is 2.19. The lowest BCUT2D eigenvalue weighted by molar-refractivity contribution is 0.0929. The first-order valence-corrected chi connectivity index (χ1v) is 11.4. The van der Waals surface area contributed by atoms with Crippen molar-refractivity contribution in [3.05, 3.63) is 96.1 Å². The normalized spacial score (nSPS) is 13.1. The average Bonchev–Trinajstić information content (AvgIpc) is 3.28. The number of thioether (sulfide) groups is 1. The van der Waals surface area contributed by atoms with Gasteiger partial charge in [0.1, 0.15) is 5.69 Å². The van der Waals surface area contributed by atoms with Crippen LogP contribution in [0.15, 0.2) is 94.6 Å². The largest absolute Gasteiger partial charge is 0.431 e. The zero-order chi connectivity index (χ0) is 22.3. The topological polar surface area (TPSA) is 86.7 Å². The highest BCUT2D eigenvalue weighted by atomic mass is 32.2. The Morgan fingerprint density at radius 2 is 1.44 bits per heavy atom. The summed E-state index contributed by atoms with van der Waals surface area (Å²) in [6, 6.07) is 26.8. The molecule has 0 amide bonds. The summed E-state index contributed by atoms with van der Waals surface area (Å²) in [7, 11) is 0. The third-order valence-corrected chi connectivity index (χ3v) is 6.11. The Kier molecular flexibility index (Phi) is 7.39. The molecule has 0 saturated carbocycles. The van der Waals surface area contributed by atoms with Crippen molar-refractivity contribution in [3.63, 3.8) is 0 Å². The molecule has 2 unspecified atom stereocenters. The van der Waals surface area contributed by atoms with Crippen LogP contribution in [0, 0.1) is 0 Å². The predicted octanol–water partition coefficient (Wildman–Crippen LogP) is 5.08. The van der Waals surface area contributed by atoms with Crippen molar-refractivity contribution < 1.29 is 19.7 Å². The van der Waals surface area contributed by atoms with E-state index >= 15 is 0 Å². The number of oxazole rings is 1. The van der Waals surface area contributed by atoms with Crippen molar-refractivity contribution in [1.29, 1.82) is 0 Å². The van der Waals surface area contributed by atoms with Crippen LogP contribution in [0.25, 0.3) is 22.6 Å². The summed E-state index contributed by atoms with van der Waals surface area (Å²) in [5.41, 5.74) is 4.15. The van der Waals surface area contributed by atoms with Crippen molar-refractivity contribution in [2.75, 3.05) is 5.75 Å². The van der Waals surface area contributed by atoms with E-state index in [1.54, 1.807) is 24.3 Å². The van der Waals surface area contributed by atoms with Crippen molar-refractivity contribution >= 4 is 11.8 Å². The summed E-state index contributed by atoms with van der Waals surface area (Å²) in [6.45, 7) is -0.0400. The monoisotopic (exact) mass is 447 g/mol. The van der Waals surface area contributed by atoms with E-state index in [-0.39, 0.29) is 13.0 Å². The summed E-state index contributed by atoms with van der Waals surface area (Å²) in [4.78, 5) is 4.68. The fourth-order valence-electron chi connectivity index (χ4n) is 3.41. The lowest BCUT2D eigenvalue weighted by Crippen LogP contribution is -2.15. The van der Waals surface area contributed by atoms with Gasteiger partial charge in [0, 0.05) is 23.3 Å². The molecule has 1 heterocycles. The fraction of sp³-hybridized carbons (Fsp3) is 0.192. The van der Waals surface area contributed by atoms with Crippen LogP contribution in [0.2, 0.25) is 0 Å². The number of rotatable bonds is 9. The molecule has 164 valence electrons. The van der Waals surface area contributed by atoms with Crippen LogP contribution in [-0.4, -0.2) is 32.2 Å². The molecule has 1 aromatic heterocycles. The van der Waals surface area contributed by atoms with Crippen molar-refractivity contribution in [2.45, 2.75) is 30.5 Å². The fourth-order valence-corrected chi connectivity index (χ4v) is 4.18.